The van der Waals surface area contributed by atoms with E-state index in [1.807, 2.05) is 6.08 Å². The molecular weight excluding hydrogens is 863 g/mol. The van der Waals surface area contributed by atoms with Crippen LogP contribution in [-0.4, -0.2) is 47.4 Å². The van der Waals surface area contributed by atoms with E-state index in [1.54, 1.807) is 6.08 Å². The van der Waals surface area contributed by atoms with Gasteiger partial charge in [-0.3, -0.25) is 9.59 Å². The standard InChI is InChI=1S/C64H125NO5/c1-3-5-7-9-11-13-15-17-18-26-30-34-38-42-46-50-54-58-64(69)70-59-55-51-47-43-39-35-31-28-25-23-21-19-20-22-24-27-29-33-37-41-45-49-53-57-63(68)65-61(60-66)62(67)56-52-48-44-40-36-32-16-14-12-10-8-6-4-2/h52,56,61-62,66-67H,3-51,53-55,57-60H2,1-2H3,(H,65,68)/b56-52+. The lowest BCUT2D eigenvalue weighted by molar-refractivity contribution is -0.143. The number of carbonyl (C=O) groups is 2. The van der Waals surface area contributed by atoms with E-state index in [-0.39, 0.29) is 18.5 Å². The van der Waals surface area contributed by atoms with Gasteiger partial charge < -0.3 is 20.3 Å². The first-order valence-corrected chi connectivity index (χ1v) is 32.0. The molecule has 416 valence electrons. The molecule has 1 amide bonds. The van der Waals surface area contributed by atoms with E-state index < -0.39 is 12.1 Å². The van der Waals surface area contributed by atoms with Crippen molar-refractivity contribution in [3.8, 4) is 0 Å². The molecule has 2 unspecified atom stereocenters. The lowest BCUT2D eigenvalue weighted by Crippen LogP contribution is -2.45. The Kier molecular flexibility index (Phi) is 59.0. The van der Waals surface area contributed by atoms with Crippen LogP contribution in [0.2, 0.25) is 0 Å². The van der Waals surface area contributed by atoms with E-state index in [0.717, 1.165) is 38.5 Å². The number of aliphatic hydroxyl groups is 2. The van der Waals surface area contributed by atoms with Crippen molar-refractivity contribution in [2.24, 2.45) is 0 Å². The van der Waals surface area contributed by atoms with Gasteiger partial charge in [-0.1, -0.05) is 328 Å². The smallest absolute Gasteiger partial charge is 0.305 e. The fourth-order valence-electron chi connectivity index (χ4n) is 10.2. The number of hydrogen-bond donors (Lipinski definition) is 3. The number of aliphatic hydroxyl groups excluding tert-OH is 2. The Balaban J connectivity index is 3.35. The molecule has 0 saturated carbocycles. The highest BCUT2D eigenvalue weighted by molar-refractivity contribution is 5.76. The zero-order valence-electron chi connectivity index (χ0n) is 47.5. The number of unbranched alkanes of at least 4 members (excludes halogenated alkanes) is 49. The van der Waals surface area contributed by atoms with Gasteiger partial charge >= 0.3 is 5.97 Å². The van der Waals surface area contributed by atoms with E-state index in [2.05, 4.69) is 19.2 Å². The van der Waals surface area contributed by atoms with Crippen LogP contribution in [0.3, 0.4) is 0 Å². The second-order valence-electron chi connectivity index (χ2n) is 22.1. The molecular formula is C64H125NO5. The van der Waals surface area contributed by atoms with Crippen molar-refractivity contribution < 1.29 is 24.5 Å². The Labute approximate surface area is 438 Å². The van der Waals surface area contributed by atoms with Crippen molar-refractivity contribution in [2.45, 2.75) is 373 Å². The van der Waals surface area contributed by atoms with Crippen LogP contribution in [0, 0.1) is 0 Å². The van der Waals surface area contributed by atoms with E-state index in [1.165, 1.54) is 295 Å². The lowest BCUT2D eigenvalue weighted by atomic mass is 10.0. The van der Waals surface area contributed by atoms with Gasteiger partial charge in [-0.05, 0) is 32.1 Å². The fourth-order valence-corrected chi connectivity index (χ4v) is 10.2. The topological polar surface area (TPSA) is 95.9 Å². The van der Waals surface area contributed by atoms with E-state index in [9.17, 15) is 19.8 Å². The number of amides is 1. The molecule has 0 aromatic heterocycles. The molecule has 0 rings (SSSR count). The summed E-state index contributed by atoms with van der Waals surface area (Å²) in [4.78, 5) is 24.5. The quantitative estimate of drug-likeness (QED) is 0.0321. The molecule has 0 saturated heterocycles. The fraction of sp³-hybridized carbons (Fsp3) is 0.938. The molecule has 70 heavy (non-hydrogen) atoms. The van der Waals surface area contributed by atoms with Gasteiger partial charge in [0.2, 0.25) is 5.91 Å². The van der Waals surface area contributed by atoms with Crippen LogP contribution < -0.4 is 5.32 Å². The largest absolute Gasteiger partial charge is 0.466 e. The third-order valence-corrected chi connectivity index (χ3v) is 15.1. The predicted molar refractivity (Wildman–Crippen MR) is 306 cm³/mol. The van der Waals surface area contributed by atoms with Crippen molar-refractivity contribution in [3.05, 3.63) is 12.2 Å². The van der Waals surface area contributed by atoms with Gasteiger partial charge in [-0.2, -0.15) is 0 Å². The van der Waals surface area contributed by atoms with E-state index in [4.69, 9.17) is 4.74 Å². The SMILES string of the molecule is CCCCCCCCCCCCC/C=C/C(O)C(CO)NC(=O)CCCCCCCCCCCCCCCCCCCCCCCCCOC(=O)CCCCCCCCCCCCCCCCCCC. The summed E-state index contributed by atoms with van der Waals surface area (Å²) < 4.78 is 5.50. The predicted octanol–water partition coefficient (Wildman–Crippen LogP) is 20.0. The Morgan fingerprint density at radius 3 is 0.971 bits per heavy atom. The zero-order valence-corrected chi connectivity index (χ0v) is 47.5. The number of ether oxygens (including phenoxy) is 1. The van der Waals surface area contributed by atoms with Gasteiger partial charge in [0.05, 0.1) is 25.4 Å². The second kappa shape index (κ2) is 60.2. The Bertz CT molecular complexity index is 1050. The molecule has 3 N–H and O–H groups in total. The van der Waals surface area contributed by atoms with Crippen LogP contribution in [0.4, 0.5) is 0 Å². The maximum absolute atomic E-state index is 12.4. The first kappa shape index (κ1) is 68.6. The van der Waals surface area contributed by atoms with Gasteiger partial charge in [0.1, 0.15) is 0 Å². The van der Waals surface area contributed by atoms with Crippen LogP contribution in [0.25, 0.3) is 0 Å². The molecule has 6 nitrogen and oxygen atoms in total. The van der Waals surface area contributed by atoms with Crippen molar-refractivity contribution in [2.75, 3.05) is 13.2 Å². The normalized spacial score (nSPS) is 12.6. The van der Waals surface area contributed by atoms with Crippen LogP contribution in [0.1, 0.15) is 361 Å². The average molecular weight is 989 g/mol. The van der Waals surface area contributed by atoms with Gasteiger partial charge in [0.15, 0.2) is 0 Å². The average Bonchev–Trinajstić information content (AvgIpc) is 3.36. The van der Waals surface area contributed by atoms with Crippen molar-refractivity contribution in [3.63, 3.8) is 0 Å². The third-order valence-electron chi connectivity index (χ3n) is 15.1. The molecule has 0 radical (unpaired) electrons. The minimum Gasteiger partial charge on any atom is -0.466 e. The summed E-state index contributed by atoms with van der Waals surface area (Å²) in [5.41, 5.74) is 0. The van der Waals surface area contributed by atoms with Crippen molar-refractivity contribution in [1.29, 1.82) is 0 Å². The van der Waals surface area contributed by atoms with Gasteiger partial charge in [-0.15, -0.1) is 0 Å². The summed E-state index contributed by atoms with van der Waals surface area (Å²) in [6.07, 6.45) is 72.6. The number of allylic oxidation sites excluding steroid dienone is 1. The number of rotatable bonds is 60. The highest BCUT2D eigenvalue weighted by Crippen LogP contribution is 2.18. The maximum Gasteiger partial charge on any atom is 0.305 e. The third kappa shape index (κ3) is 55.9. The first-order valence-electron chi connectivity index (χ1n) is 32.0. The van der Waals surface area contributed by atoms with Crippen molar-refractivity contribution in [1.82, 2.24) is 5.32 Å². The monoisotopic (exact) mass is 988 g/mol. The van der Waals surface area contributed by atoms with Crippen LogP contribution >= 0.6 is 0 Å². The molecule has 0 aromatic rings. The van der Waals surface area contributed by atoms with E-state index in [0.29, 0.717) is 19.4 Å². The minimum atomic E-state index is -0.842. The minimum absolute atomic E-state index is 0.0185. The summed E-state index contributed by atoms with van der Waals surface area (Å²) in [7, 11) is 0. The summed E-state index contributed by atoms with van der Waals surface area (Å²) in [6.45, 7) is 4.93. The molecule has 0 heterocycles. The first-order chi connectivity index (χ1) is 34.5. The Hall–Kier alpha value is -1.40. The molecule has 0 aliphatic carbocycles. The highest BCUT2D eigenvalue weighted by Gasteiger charge is 2.18. The van der Waals surface area contributed by atoms with Crippen molar-refractivity contribution >= 4 is 11.9 Å². The molecule has 0 aliphatic heterocycles. The number of esters is 1. The lowest BCUT2D eigenvalue weighted by Gasteiger charge is -2.20. The van der Waals surface area contributed by atoms with Gasteiger partial charge in [0, 0.05) is 12.8 Å². The molecule has 0 aliphatic rings. The summed E-state index contributed by atoms with van der Waals surface area (Å²) in [5.74, 6) is -0.0474. The summed E-state index contributed by atoms with van der Waals surface area (Å²) in [6, 6.07) is -0.626. The second-order valence-corrected chi connectivity index (χ2v) is 22.1. The molecule has 2 atom stereocenters. The van der Waals surface area contributed by atoms with E-state index >= 15 is 0 Å². The molecule has 0 fully saturated rings. The zero-order chi connectivity index (χ0) is 50.7. The van der Waals surface area contributed by atoms with Crippen LogP contribution in [-0.2, 0) is 14.3 Å². The highest BCUT2D eigenvalue weighted by atomic mass is 16.5. The number of nitrogens with one attached hydrogen (secondary N) is 1. The molecule has 6 heteroatoms. The maximum atomic E-state index is 12.4. The molecule has 0 bridgehead atoms. The number of carbonyl (C=O) groups excluding carboxylic acids is 2. The van der Waals surface area contributed by atoms with Crippen LogP contribution in [0.15, 0.2) is 12.2 Å². The Morgan fingerprint density at radius 2 is 0.657 bits per heavy atom. The molecule has 0 aromatic carbocycles. The Morgan fingerprint density at radius 1 is 0.386 bits per heavy atom. The van der Waals surface area contributed by atoms with Gasteiger partial charge in [0.25, 0.3) is 0 Å². The summed E-state index contributed by atoms with van der Waals surface area (Å²) >= 11 is 0. The van der Waals surface area contributed by atoms with Gasteiger partial charge in [-0.25, -0.2) is 0 Å². The van der Waals surface area contributed by atoms with Crippen LogP contribution in [0.5, 0.6) is 0 Å². The summed E-state index contributed by atoms with van der Waals surface area (Å²) in [5, 5.41) is 23.1. The number of hydrogen-bond acceptors (Lipinski definition) is 5. The molecule has 0 spiro atoms.